The molecular formula is C10H15N3O. The number of ketones is 1. The summed E-state index contributed by atoms with van der Waals surface area (Å²) >= 11 is 0. The summed E-state index contributed by atoms with van der Waals surface area (Å²) in [6.45, 7) is 0. The number of carbonyl (C=O) groups is 1. The molecule has 0 amide bonds. The van der Waals surface area contributed by atoms with Crippen LogP contribution in [0.25, 0.3) is 0 Å². The van der Waals surface area contributed by atoms with Crippen LogP contribution < -0.4 is 5.73 Å². The number of aryl methyl sites for hydroxylation is 2. The van der Waals surface area contributed by atoms with Gasteiger partial charge in [-0.3, -0.25) is 9.48 Å². The average Bonchev–Trinajstić information content (AvgIpc) is 2.76. The highest BCUT2D eigenvalue weighted by Crippen LogP contribution is 2.34. The van der Waals surface area contributed by atoms with Gasteiger partial charge in [0.15, 0.2) is 5.78 Å². The summed E-state index contributed by atoms with van der Waals surface area (Å²) in [5.41, 5.74) is 6.42. The zero-order valence-corrected chi connectivity index (χ0v) is 8.36. The van der Waals surface area contributed by atoms with Gasteiger partial charge in [-0.15, -0.1) is 0 Å². The van der Waals surface area contributed by atoms with Crippen LogP contribution in [-0.4, -0.2) is 21.1 Å². The number of rotatable bonds is 4. The van der Waals surface area contributed by atoms with Crippen molar-refractivity contribution < 1.29 is 4.79 Å². The van der Waals surface area contributed by atoms with E-state index >= 15 is 0 Å². The van der Waals surface area contributed by atoms with Crippen molar-refractivity contribution in [2.45, 2.75) is 31.2 Å². The van der Waals surface area contributed by atoms with Crippen molar-refractivity contribution in [2.24, 2.45) is 12.8 Å². The minimum atomic E-state index is -0.470. The van der Waals surface area contributed by atoms with Crippen molar-refractivity contribution in [3.05, 3.63) is 18.0 Å². The van der Waals surface area contributed by atoms with E-state index in [0.29, 0.717) is 6.42 Å². The van der Waals surface area contributed by atoms with Crippen molar-refractivity contribution in [1.29, 1.82) is 0 Å². The molecule has 4 heteroatoms. The minimum absolute atomic E-state index is 0.196. The lowest BCUT2D eigenvalue weighted by Gasteiger charge is -2.05. The Morgan fingerprint density at radius 2 is 2.43 bits per heavy atom. The SMILES string of the molecule is Cn1cc(CCC(=O)C2(N)CC2)cn1. The molecule has 1 aromatic rings. The average molecular weight is 193 g/mol. The molecule has 2 rings (SSSR count). The molecular weight excluding hydrogens is 178 g/mol. The summed E-state index contributed by atoms with van der Waals surface area (Å²) in [7, 11) is 1.87. The Morgan fingerprint density at radius 1 is 1.71 bits per heavy atom. The van der Waals surface area contributed by atoms with Crippen LogP contribution in [0, 0.1) is 0 Å². The molecule has 1 saturated carbocycles. The summed E-state index contributed by atoms with van der Waals surface area (Å²) in [4.78, 5) is 11.6. The monoisotopic (exact) mass is 193 g/mol. The number of carbonyl (C=O) groups excluding carboxylic acids is 1. The molecule has 0 atom stereocenters. The topological polar surface area (TPSA) is 60.9 Å². The summed E-state index contributed by atoms with van der Waals surface area (Å²) in [6.07, 6.45) is 6.75. The van der Waals surface area contributed by atoms with E-state index in [0.717, 1.165) is 24.8 Å². The number of aromatic nitrogens is 2. The van der Waals surface area contributed by atoms with Crippen molar-refractivity contribution in [1.82, 2.24) is 9.78 Å². The third-order valence-corrected chi connectivity index (χ3v) is 2.74. The third-order valence-electron chi connectivity index (χ3n) is 2.74. The molecule has 1 heterocycles. The lowest BCUT2D eigenvalue weighted by atomic mass is 10.0. The van der Waals surface area contributed by atoms with E-state index in [9.17, 15) is 4.79 Å². The summed E-state index contributed by atoms with van der Waals surface area (Å²) in [5, 5.41) is 4.05. The molecule has 0 aromatic carbocycles. The molecule has 1 aliphatic rings. The molecule has 2 N–H and O–H groups in total. The van der Waals surface area contributed by atoms with Gasteiger partial charge in [-0.2, -0.15) is 5.10 Å². The molecule has 0 bridgehead atoms. The molecule has 1 fully saturated rings. The Kier molecular flexibility index (Phi) is 2.15. The van der Waals surface area contributed by atoms with Crippen molar-refractivity contribution in [2.75, 3.05) is 0 Å². The Labute approximate surface area is 83.1 Å². The second kappa shape index (κ2) is 3.20. The number of nitrogens with two attached hydrogens (primary N) is 1. The maximum atomic E-state index is 11.6. The number of hydrogen-bond donors (Lipinski definition) is 1. The summed E-state index contributed by atoms with van der Waals surface area (Å²) in [5.74, 6) is 0.196. The fraction of sp³-hybridized carbons (Fsp3) is 0.600. The molecule has 76 valence electrons. The standard InChI is InChI=1S/C10H15N3O/c1-13-7-8(6-12-13)2-3-9(14)10(11)4-5-10/h6-7H,2-5,11H2,1H3. The van der Waals surface area contributed by atoms with E-state index < -0.39 is 5.54 Å². The smallest absolute Gasteiger partial charge is 0.152 e. The number of nitrogens with zero attached hydrogens (tertiary/aromatic N) is 2. The zero-order valence-electron chi connectivity index (χ0n) is 8.36. The first-order valence-corrected chi connectivity index (χ1v) is 4.90. The predicted octanol–water partition coefficient (Wildman–Crippen LogP) is 0.413. The van der Waals surface area contributed by atoms with E-state index in [1.807, 2.05) is 13.2 Å². The second-order valence-corrected chi connectivity index (χ2v) is 4.10. The highest BCUT2D eigenvalue weighted by Gasteiger charge is 2.44. The molecule has 0 unspecified atom stereocenters. The Morgan fingerprint density at radius 3 is 2.93 bits per heavy atom. The van der Waals surface area contributed by atoms with Crippen LogP contribution in [0.2, 0.25) is 0 Å². The van der Waals surface area contributed by atoms with Crippen LogP contribution in [0.1, 0.15) is 24.8 Å². The van der Waals surface area contributed by atoms with Crippen LogP contribution in [0.15, 0.2) is 12.4 Å². The van der Waals surface area contributed by atoms with Crippen LogP contribution >= 0.6 is 0 Å². The van der Waals surface area contributed by atoms with Gasteiger partial charge in [0.2, 0.25) is 0 Å². The first-order chi connectivity index (χ1) is 6.60. The van der Waals surface area contributed by atoms with Crippen molar-refractivity contribution in [3.63, 3.8) is 0 Å². The third kappa shape index (κ3) is 1.85. The second-order valence-electron chi connectivity index (χ2n) is 4.10. The number of hydrogen-bond acceptors (Lipinski definition) is 3. The molecule has 1 aliphatic carbocycles. The molecule has 1 aromatic heterocycles. The van der Waals surface area contributed by atoms with Crippen molar-refractivity contribution in [3.8, 4) is 0 Å². The fourth-order valence-corrected chi connectivity index (χ4v) is 1.52. The van der Waals surface area contributed by atoms with Crippen LogP contribution in [0.5, 0.6) is 0 Å². The van der Waals surface area contributed by atoms with E-state index in [2.05, 4.69) is 5.10 Å². The zero-order chi connectivity index (χ0) is 10.2. The lowest BCUT2D eigenvalue weighted by Crippen LogP contribution is -2.32. The van der Waals surface area contributed by atoms with Gasteiger partial charge in [0.1, 0.15) is 0 Å². The highest BCUT2D eigenvalue weighted by molar-refractivity contribution is 5.91. The molecule has 14 heavy (non-hydrogen) atoms. The Hall–Kier alpha value is -1.16. The Balaban J connectivity index is 1.85. The van der Waals surface area contributed by atoms with Gasteiger partial charge >= 0.3 is 0 Å². The lowest BCUT2D eigenvalue weighted by molar-refractivity contribution is -0.121. The van der Waals surface area contributed by atoms with Crippen LogP contribution in [0.3, 0.4) is 0 Å². The van der Waals surface area contributed by atoms with Gasteiger partial charge in [0.05, 0.1) is 11.7 Å². The minimum Gasteiger partial charge on any atom is -0.319 e. The van der Waals surface area contributed by atoms with Gasteiger partial charge in [-0.1, -0.05) is 0 Å². The number of Topliss-reactive ketones (excluding diaryl/α,β-unsaturated/α-hetero) is 1. The first-order valence-electron chi connectivity index (χ1n) is 4.90. The van der Waals surface area contributed by atoms with Gasteiger partial charge < -0.3 is 5.73 Å². The molecule has 4 nitrogen and oxygen atoms in total. The van der Waals surface area contributed by atoms with E-state index in [1.165, 1.54) is 0 Å². The quantitative estimate of drug-likeness (QED) is 0.753. The van der Waals surface area contributed by atoms with E-state index in [-0.39, 0.29) is 5.78 Å². The van der Waals surface area contributed by atoms with Gasteiger partial charge in [0, 0.05) is 19.7 Å². The highest BCUT2D eigenvalue weighted by atomic mass is 16.1. The summed E-state index contributed by atoms with van der Waals surface area (Å²) < 4.78 is 1.75. The van der Waals surface area contributed by atoms with Gasteiger partial charge in [-0.05, 0) is 24.8 Å². The maximum Gasteiger partial charge on any atom is 0.152 e. The molecule has 0 saturated heterocycles. The molecule has 0 radical (unpaired) electrons. The molecule has 0 aliphatic heterocycles. The predicted molar refractivity (Wildman–Crippen MR) is 52.7 cm³/mol. The molecule has 0 spiro atoms. The first kappa shape index (κ1) is 9.40. The van der Waals surface area contributed by atoms with Gasteiger partial charge in [0.25, 0.3) is 0 Å². The fourth-order valence-electron chi connectivity index (χ4n) is 1.52. The van der Waals surface area contributed by atoms with Crippen LogP contribution in [-0.2, 0) is 18.3 Å². The largest absolute Gasteiger partial charge is 0.319 e. The van der Waals surface area contributed by atoms with Crippen LogP contribution in [0.4, 0.5) is 0 Å². The van der Waals surface area contributed by atoms with E-state index in [4.69, 9.17) is 5.73 Å². The van der Waals surface area contributed by atoms with Crippen molar-refractivity contribution >= 4 is 5.78 Å². The normalized spacial score (nSPS) is 18.1. The maximum absolute atomic E-state index is 11.6. The summed E-state index contributed by atoms with van der Waals surface area (Å²) in [6, 6.07) is 0. The Bertz CT molecular complexity index is 352. The van der Waals surface area contributed by atoms with E-state index in [1.54, 1.807) is 10.9 Å². The van der Waals surface area contributed by atoms with Gasteiger partial charge in [-0.25, -0.2) is 0 Å².